The van der Waals surface area contributed by atoms with E-state index >= 15 is 0 Å². The van der Waals surface area contributed by atoms with Gasteiger partial charge in [-0.05, 0) is 36.6 Å². The van der Waals surface area contributed by atoms with Crippen molar-refractivity contribution in [3.63, 3.8) is 0 Å². The summed E-state index contributed by atoms with van der Waals surface area (Å²) < 4.78 is 62.4. The molecule has 0 unspecified atom stereocenters. The van der Waals surface area contributed by atoms with E-state index in [0.29, 0.717) is 12.0 Å². The van der Waals surface area contributed by atoms with E-state index in [1.807, 2.05) is 0 Å². The van der Waals surface area contributed by atoms with E-state index in [4.69, 9.17) is 4.18 Å². The molecule has 0 heterocycles. The third kappa shape index (κ3) is 16.1. The summed E-state index contributed by atoms with van der Waals surface area (Å²) >= 11 is 0. The second kappa shape index (κ2) is 19.9. The summed E-state index contributed by atoms with van der Waals surface area (Å²) in [5, 5.41) is 0. The van der Waals surface area contributed by atoms with E-state index in [1.165, 1.54) is 88.8 Å². The minimum Gasteiger partial charge on any atom is -0.361 e. The molecular formula is C28H42NaO7S2+. The van der Waals surface area contributed by atoms with Crippen LogP contribution >= 0.6 is 0 Å². The molecule has 0 radical (unpaired) electrons. The maximum Gasteiger partial charge on any atom is 1.00 e. The summed E-state index contributed by atoms with van der Waals surface area (Å²) in [5.74, 6) is -0.0250. The van der Waals surface area contributed by atoms with Crippen molar-refractivity contribution in [2.75, 3.05) is 0 Å². The molecule has 0 N–H and O–H groups in total. The van der Waals surface area contributed by atoms with Crippen molar-refractivity contribution in [2.24, 2.45) is 0 Å². The van der Waals surface area contributed by atoms with Crippen LogP contribution in [0.4, 0.5) is 0 Å². The third-order valence-corrected chi connectivity index (χ3v) is 8.19. The van der Waals surface area contributed by atoms with Gasteiger partial charge in [0.2, 0.25) is 0 Å². The summed E-state index contributed by atoms with van der Waals surface area (Å²) in [4.78, 5) is 0. The van der Waals surface area contributed by atoms with Gasteiger partial charge in [-0.1, -0.05) is 130 Å². The average Bonchev–Trinajstić information content (AvgIpc) is 2.84. The Morgan fingerprint density at radius 1 is 0.553 bits per heavy atom. The van der Waals surface area contributed by atoms with Crippen molar-refractivity contribution in [2.45, 2.75) is 103 Å². The standard InChI is InChI=1S/C28H42O7S2.Na/c1-2-3-4-5-6-7-8-9-10-11-12-13-14-16-21-26-22-19-20-25-28(26)34-37(31,32)35-36(29,30)33-27-23-17-15-18-24-27;/h15,17-20,22-25H,2-14,16,21H2,1H3;/q;+1. The topological polar surface area (TPSA) is 96.0 Å². The summed E-state index contributed by atoms with van der Waals surface area (Å²) in [6.45, 7) is 2.25. The molecule has 0 aliphatic rings. The molecule has 0 spiro atoms. The average molecular weight is 578 g/mol. The van der Waals surface area contributed by atoms with Crippen LogP contribution in [0.3, 0.4) is 0 Å². The number of hydrogen-bond donors (Lipinski definition) is 0. The number of benzene rings is 2. The zero-order chi connectivity index (χ0) is 26.8. The van der Waals surface area contributed by atoms with Crippen molar-refractivity contribution in [1.29, 1.82) is 0 Å². The van der Waals surface area contributed by atoms with Crippen LogP contribution in [0.2, 0.25) is 0 Å². The van der Waals surface area contributed by atoms with Crippen LogP contribution in [-0.2, 0) is 30.8 Å². The Morgan fingerprint density at radius 3 is 1.55 bits per heavy atom. The zero-order valence-corrected chi connectivity index (χ0v) is 26.6. The molecule has 0 fully saturated rings. The van der Waals surface area contributed by atoms with Crippen LogP contribution in [-0.4, -0.2) is 16.8 Å². The third-order valence-electron chi connectivity index (χ3n) is 6.07. The van der Waals surface area contributed by atoms with Gasteiger partial charge in [-0.2, -0.15) is 16.8 Å². The first-order chi connectivity index (χ1) is 17.8. The molecule has 0 atom stereocenters. The summed E-state index contributed by atoms with van der Waals surface area (Å²) in [6.07, 6.45) is 18.2. The number of rotatable bonds is 21. The molecule has 0 aliphatic carbocycles. The van der Waals surface area contributed by atoms with Crippen molar-refractivity contribution >= 4 is 20.8 Å². The maximum atomic E-state index is 12.3. The molecular weight excluding hydrogens is 535 g/mol. The first-order valence-corrected chi connectivity index (χ1v) is 16.2. The minimum absolute atomic E-state index is 0. The Balaban J connectivity index is 0.00000722. The zero-order valence-electron chi connectivity index (χ0n) is 23.0. The van der Waals surface area contributed by atoms with E-state index in [1.54, 1.807) is 36.4 Å². The Kier molecular flexibility index (Phi) is 18.3. The monoisotopic (exact) mass is 577 g/mol. The van der Waals surface area contributed by atoms with Gasteiger partial charge in [-0.3, -0.25) is 0 Å². The molecule has 0 bridgehead atoms. The molecule has 0 saturated carbocycles. The fourth-order valence-corrected chi connectivity index (χ4v) is 5.90. The van der Waals surface area contributed by atoms with Gasteiger partial charge in [0.25, 0.3) is 0 Å². The first-order valence-electron chi connectivity index (χ1n) is 13.5. The van der Waals surface area contributed by atoms with E-state index < -0.39 is 20.8 Å². The van der Waals surface area contributed by atoms with E-state index in [-0.39, 0.29) is 41.1 Å². The van der Waals surface area contributed by atoms with Gasteiger partial charge in [0.05, 0.1) is 0 Å². The normalized spacial score (nSPS) is 11.6. The van der Waals surface area contributed by atoms with Crippen molar-refractivity contribution in [1.82, 2.24) is 0 Å². The van der Waals surface area contributed by atoms with Gasteiger partial charge >= 0.3 is 50.4 Å². The fraction of sp³-hybridized carbons (Fsp3) is 0.571. The molecule has 208 valence electrons. The van der Waals surface area contributed by atoms with Gasteiger partial charge in [-0.25, -0.2) is 0 Å². The van der Waals surface area contributed by atoms with Crippen molar-refractivity contribution < 1.29 is 58.4 Å². The molecule has 0 amide bonds. The van der Waals surface area contributed by atoms with Gasteiger partial charge in [0, 0.05) is 0 Å². The Labute approximate surface area is 252 Å². The second-order valence-electron chi connectivity index (χ2n) is 9.32. The van der Waals surface area contributed by atoms with E-state index in [9.17, 15) is 16.8 Å². The summed E-state index contributed by atoms with van der Waals surface area (Å²) in [7, 11) is -9.79. The number of para-hydroxylation sites is 2. The van der Waals surface area contributed by atoms with Gasteiger partial charge in [0.15, 0.2) is 0 Å². The minimum atomic E-state index is -4.91. The molecule has 2 aromatic rings. The molecule has 0 aliphatic heterocycles. The molecule has 7 nitrogen and oxygen atoms in total. The smallest absolute Gasteiger partial charge is 0.361 e. The predicted molar refractivity (Wildman–Crippen MR) is 147 cm³/mol. The molecule has 38 heavy (non-hydrogen) atoms. The van der Waals surface area contributed by atoms with Gasteiger partial charge in [-0.15, -0.1) is 0 Å². The molecule has 0 saturated heterocycles. The Hall–Kier alpha value is -1.10. The maximum absolute atomic E-state index is 12.3. The summed E-state index contributed by atoms with van der Waals surface area (Å²) in [5.41, 5.74) is 0.676. The second-order valence-corrected chi connectivity index (χ2v) is 11.8. The van der Waals surface area contributed by atoms with Crippen LogP contribution in [0.25, 0.3) is 0 Å². The van der Waals surface area contributed by atoms with Gasteiger partial charge in [0.1, 0.15) is 11.5 Å². The predicted octanol–water partition coefficient (Wildman–Crippen LogP) is 4.68. The van der Waals surface area contributed by atoms with Crippen molar-refractivity contribution in [3.8, 4) is 11.5 Å². The van der Waals surface area contributed by atoms with E-state index in [2.05, 4.69) is 14.7 Å². The fourth-order valence-electron chi connectivity index (χ4n) is 4.14. The van der Waals surface area contributed by atoms with Crippen LogP contribution in [0.1, 0.15) is 102 Å². The number of aryl methyl sites for hydroxylation is 1. The van der Waals surface area contributed by atoms with Crippen LogP contribution in [0.15, 0.2) is 54.6 Å². The van der Waals surface area contributed by atoms with Crippen molar-refractivity contribution in [3.05, 3.63) is 60.2 Å². The SMILES string of the molecule is CCCCCCCCCCCCCCCCc1ccccc1OS(=O)(=O)OS(=O)(=O)Oc1ccccc1.[Na+]. The largest absolute Gasteiger partial charge is 1.00 e. The van der Waals surface area contributed by atoms with Crippen LogP contribution < -0.4 is 37.9 Å². The quantitative estimate of drug-likeness (QED) is 0.157. The summed E-state index contributed by atoms with van der Waals surface area (Å²) in [6, 6.07) is 14.1. The first kappa shape index (κ1) is 34.9. The van der Waals surface area contributed by atoms with E-state index in [0.717, 1.165) is 19.3 Å². The van der Waals surface area contributed by atoms with Gasteiger partial charge < -0.3 is 8.37 Å². The van der Waals surface area contributed by atoms with Crippen LogP contribution in [0, 0.1) is 0 Å². The molecule has 10 heteroatoms. The Bertz CT molecular complexity index is 1090. The number of unbranched alkanes of at least 4 members (excludes halogenated alkanes) is 13. The Morgan fingerprint density at radius 2 is 1.00 bits per heavy atom. The number of hydrogen-bond acceptors (Lipinski definition) is 7. The molecule has 2 rings (SSSR count). The molecule has 0 aromatic heterocycles. The molecule has 2 aromatic carbocycles. The van der Waals surface area contributed by atoms with Crippen LogP contribution in [0.5, 0.6) is 11.5 Å².